The number of carbonyl (C=O) groups is 1. The molecule has 1 aromatic carbocycles. The number of H-pyrrole nitrogens is 1. The lowest BCUT2D eigenvalue weighted by Crippen LogP contribution is -2.23. The fraction of sp³-hybridized carbons (Fsp3) is 0.357. The van der Waals surface area contributed by atoms with Gasteiger partial charge in [-0.3, -0.25) is 9.89 Å². The van der Waals surface area contributed by atoms with Gasteiger partial charge in [-0.15, -0.1) is 0 Å². The van der Waals surface area contributed by atoms with E-state index in [0.717, 1.165) is 30.9 Å². The Hall–Kier alpha value is -2.57. The minimum atomic E-state index is -0.0484. The number of aromatic amines is 1. The van der Waals surface area contributed by atoms with Gasteiger partial charge < -0.3 is 16.0 Å². The Bertz CT molecular complexity index is 594. The summed E-state index contributed by atoms with van der Waals surface area (Å²) < 4.78 is 0. The van der Waals surface area contributed by atoms with E-state index in [1.54, 1.807) is 37.2 Å². The van der Waals surface area contributed by atoms with Crippen molar-refractivity contribution < 1.29 is 4.79 Å². The van der Waals surface area contributed by atoms with E-state index in [0.29, 0.717) is 11.3 Å². The molecule has 7 nitrogen and oxygen atoms in total. The molecule has 0 bridgehead atoms. The summed E-state index contributed by atoms with van der Waals surface area (Å²) in [6.45, 7) is 0.720. The quantitative estimate of drug-likeness (QED) is 0.546. The first-order valence-electron chi connectivity index (χ1n) is 6.77. The standard InChI is InChI=1S/C14H20N6O/c1-20(2)14(21)11-6-5-10(15)8-12(11)16-7-3-4-13-17-9-18-19-13/h5-6,8-9,16H,3-4,7,15H2,1-2H3,(H,17,18,19). The molecule has 1 aromatic heterocycles. The Morgan fingerprint density at radius 3 is 2.90 bits per heavy atom. The first-order chi connectivity index (χ1) is 10.1. The van der Waals surface area contributed by atoms with E-state index < -0.39 is 0 Å². The van der Waals surface area contributed by atoms with Crippen molar-refractivity contribution >= 4 is 17.3 Å². The maximum absolute atomic E-state index is 12.1. The smallest absolute Gasteiger partial charge is 0.255 e. The van der Waals surface area contributed by atoms with Crippen molar-refractivity contribution in [2.75, 3.05) is 31.7 Å². The molecule has 0 fully saturated rings. The van der Waals surface area contributed by atoms with Gasteiger partial charge in [0.2, 0.25) is 0 Å². The van der Waals surface area contributed by atoms with Gasteiger partial charge in [-0.05, 0) is 24.6 Å². The van der Waals surface area contributed by atoms with E-state index in [-0.39, 0.29) is 5.91 Å². The molecule has 0 aliphatic rings. The highest BCUT2D eigenvalue weighted by molar-refractivity contribution is 5.99. The minimum Gasteiger partial charge on any atom is -0.399 e. The molecule has 1 amide bonds. The van der Waals surface area contributed by atoms with Crippen LogP contribution in [0.1, 0.15) is 22.6 Å². The van der Waals surface area contributed by atoms with Crippen LogP contribution < -0.4 is 11.1 Å². The summed E-state index contributed by atoms with van der Waals surface area (Å²) in [5.74, 6) is 0.807. The van der Waals surface area contributed by atoms with Gasteiger partial charge in [-0.1, -0.05) is 0 Å². The Kier molecular flexibility index (Phi) is 4.76. The van der Waals surface area contributed by atoms with E-state index in [1.807, 2.05) is 0 Å². The number of nitrogens with zero attached hydrogens (tertiary/aromatic N) is 3. The van der Waals surface area contributed by atoms with Crippen LogP contribution in [0.4, 0.5) is 11.4 Å². The van der Waals surface area contributed by atoms with Gasteiger partial charge in [-0.2, -0.15) is 5.10 Å². The van der Waals surface area contributed by atoms with Gasteiger partial charge in [0.25, 0.3) is 5.91 Å². The lowest BCUT2D eigenvalue weighted by molar-refractivity contribution is 0.0828. The van der Waals surface area contributed by atoms with E-state index in [2.05, 4.69) is 20.5 Å². The third kappa shape index (κ3) is 3.95. The molecule has 0 unspecified atom stereocenters. The zero-order chi connectivity index (χ0) is 15.2. The zero-order valence-electron chi connectivity index (χ0n) is 12.3. The van der Waals surface area contributed by atoms with Gasteiger partial charge in [0.1, 0.15) is 12.2 Å². The van der Waals surface area contributed by atoms with Crippen LogP contribution in [0, 0.1) is 0 Å². The van der Waals surface area contributed by atoms with Crippen LogP contribution in [-0.2, 0) is 6.42 Å². The normalized spacial score (nSPS) is 10.4. The van der Waals surface area contributed by atoms with Gasteiger partial charge in [0.05, 0.1) is 5.56 Å². The van der Waals surface area contributed by atoms with Crippen LogP contribution >= 0.6 is 0 Å². The predicted octanol–water partition coefficient (Wildman–Crippen LogP) is 1.13. The Balaban J connectivity index is 1.98. The fourth-order valence-corrected chi connectivity index (χ4v) is 1.97. The monoisotopic (exact) mass is 288 g/mol. The number of hydrogen-bond donors (Lipinski definition) is 3. The molecule has 0 aliphatic carbocycles. The topological polar surface area (TPSA) is 99.9 Å². The summed E-state index contributed by atoms with van der Waals surface area (Å²) in [5.41, 5.74) is 7.80. The lowest BCUT2D eigenvalue weighted by Gasteiger charge is -2.16. The minimum absolute atomic E-state index is 0.0484. The summed E-state index contributed by atoms with van der Waals surface area (Å²) >= 11 is 0. The van der Waals surface area contributed by atoms with Gasteiger partial charge in [-0.25, -0.2) is 4.98 Å². The number of hydrogen-bond acceptors (Lipinski definition) is 5. The van der Waals surface area contributed by atoms with Crippen LogP contribution in [0.5, 0.6) is 0 Å². The molecule has 0 radical (unpaired) electrons. The largest absolute Gasteiger partial charge is 0.399 e. The van der Waals surface area contributed by atoms with Crippen molar-refractivity contribution in [3.05, 3.63) is 35.9 Å². The highest BCUT2D eigenvalue weighted by Gasteiger charge is 2.13. The first kappa shape index (κ1) is 14.8. The SMILES string of the molecule is CN(C)C(=O)c1ccc(N)cc1NCCCc1ncn[nH]1. The summed E-state index contributed by atoms with van der Waals surface area (Å²) in [4.78, 5) is 17.7. The number of aromatic nitrogens is 3. The maximum atomic E-state index is 12.1. The number of benzene rings is 1. The maximum Gasteiger partial charge on any atom is 0.255 e. The molecule has 7 heteroatoms. The van der Waals surface area contributed by atoms with Gasteiger partial charge >= 0.3 is 0 Å². The average Bonchev–Trinajstić information content (AvgIpc) is 2.96. The molecule has 1 heterocycles. The average molecular weight is 288 g/mol. The molecule has 112 valence electrons. The van der Waals surface area contributed by atoms with Crippen molar-refractivity contribution in [3.63, 3.8) is 0 Å². The molecule has 2 aromatic rings. The van der Waals surface area contributed by atoms with Gasteiger partial charge in [0, 0.05) is 38.4 Å². The van der Waals surface area contributed by atoms with E-state index in [9.17, 15) is 4.79 Å². The Morgan fingerprint density at radius 1 is 1.43 bits per heavy atom. The van der Waals surface area contributed by atoms with Crippen LogP contribution in [0.25, 0.3) is 0 Å². The number of anilines is 2. The molecule has 0 saturated heterocycles. The second-order valence-corrected chi connectivity index (χ2v) is 4.97. The highest BCUT2D eigenvalue weighted by atomic mass is 16.2. The van der Waals surface area contributed by atoms with Crippen molar-refractivity contribution in [2.45, 2.75) is 12.8 Å². The third-order valence-corrected chi connectivity index (χ3v) is 3.05. The summed E-state index contributed by atoms with van der Waals surface area (Å²) in [5, 5.41) is 9.89. The molecule has 21 heavy (non-hydrogen) atoms. The molecule has 0 aliphatic heterocycles. The number of carbonyl (C=O) groups excluding carboxylic acids is 1. The second kappa shape index (κ2) is 6.74. The molecule has 4 N–H and O–H groups in total. The zero-order valence-corrected chi connectivity index (χ0v) is 12.3. The fourth-order valence-electron chi connectivity index (χ4n) is 1.97. The van der Waals surface area contributed by atoms with Crippen LogP contribution in [-0.4, -0.2) is 46.6 Å². The number of aryl methyl sites for hydroxylation is 1. The molecular formula is C14H20N6O. The van der Waals surface area contributed by atoms with Crippen molar-refractivity contribution in [3.8, 4) is 0 Å². The number of amides is 1. The summed E-state index contributed by atoms with van der Waals surface area (Å²) in [6.07, 6.45) is 3.17. The summed E-state index contributed by atoms with van der Waals surface area (Å²) in [6, 6.07) is 5.26. The van der Waals surface area contributed by atoms with Gasteiger partial charge in [0.15, 0.2) is 0 Å². The van der Waals surface area contributed by atoms with Crippen molar-refractivity contribution in [1.29, 1.82) is 0 Å². The van der Waals surface area contributed by atoms with Crippen LogP contribution in [0.2, 0.25) is 0 Å². The first-order valence-corrected chi connectivity index (χ1v) is 6.77. The Morgan fingerprint density at radius 2 is 2.24 bits per heavy atom. The van der Waals surface area contributed by atoms with Crippen LogP contribution in [0.3, 0.4) is 0 Å². The molecule has 0 saturated carbocycles. The van der Waals surface area contributed by atoms with Crippen molar-refractivity contribution in [1.82, 2.24) is 20.1 Å². The third-order valence-electron chi connectivity index (χ3n) is 3.05. The number of nitrogens with two attached hydrogens (primary N) is 1. The predicted molar refractivity (Wildman–Crippen MR) is 82.1 cm³/mol. The number of nitrogen functional groups attached to an aromatic ring is 1. The van der Waals surface area contributed by atoms with Crippen LogP contribution in [0.15, 0.2) is 24.5 Å². The molecule has 0 atom stereocenters. The van der Waals surface area contributed by atoms with E-state index in [1.165, 1.54) is 6.33 Å². The van der Waals surface area contributed by atoms with Crippen molar-refractivity contribution in [2.24, 2.45) is 0 Å². The highest BCUT2D eigenvalue weighted by Crippen LogP contribution is 2.20. The summed E-state index contributed by atoms with van der Waals surface area (Å²) in [7, 11) is 3.46. The Labute approximate surface area is 123 Å². The molecule has 0 spiro atoms. The lowest BCUT2D eigenvalue weighted by atomic mass is 10.1. The molecular weight excluding hydrogens is 268 g/mol. The van der Waals surface area contributed by atoms with E-state index >= 15 is 0 Å². The number of rotatable bonds is 6. The van der Waals surface area contributed by atoms with E-state index in [4.69, 9.17) is 5.73 Å². The second-order valence-electron chi connectivity index (χ2n) is 4.97. The molecule has 2 rings (SSSR count). The number of nitrogens with one attached hydrogen (secondary N) is 2.